The van der Waals surface area contributed by atoms with Crippen molar-refractivity contribution < 1.29 is 14.3 Å². The van der Waals surface area contributed by atoms with Crippen molar-refractivity contribution in [1.29, 1.82) is 0 Å². The van der Waals surface area contributed by atoms with Crippen molar-refractivity contribution in [2.24, 2.45) is 5.92 Å². The van der Waals surface area contributed by atoms with Crippen LogP contribution in [0.1, 0.15) is 45.5 Å². The van der Waals surface area contributed by atoms with E-state index in [0.29, 0.717) is 18.0 Å². The van der Waals surface area contributed by atoms with Gasteiger partial charge in [0, 0.05) is 32.4 Å². The van der Waals surface area contributed by atoms with Crippen LogP contribution in [0.4, 0.5) is 0 Å². The molecular formula is C25H32N4O4. The Bertz CT molecular complexity index is 1030. The van der Waals surface area contributed by atoms with Gasteiger partial charge in [0.25, 0.3) is 17.4 Å². The molecule has 1 aromatic carbocycles. The van der Waals surface area contributed by atoms with E-state index in [1.54, 1.807) is 6.20 Å². The van der Waals surface area contributed by atoms with Crippen LogP contribution in [0.2, 0.25) is 0 Å². The van der Waals surface area contributed by atoms with Gasteiger partial charge in [-0.3, -0.25) is 19.3 Å². The second-order valence-electron chi connectivity index (χ2n) is 8.81. The molecule has 1 aliphatic carbocycles. The molecule has 8 heteroatoms. The van der Waals surface area contributed by atoms with E-state index in [1.807, 2.05) is 30.3 Å². The Labute approximate surface area is 193 Å². The van der Waals surface area contributed by atoms with Gasteiger partial charge in [-0.05, 0) is 43.4 Å². The predicted molar refractivity (Wildman–Crippen MR) is 125 cm³/mol. The zero-order chi connectivity index (χ0) is 23.2. The van der Waals surface area contributed by atoms with Gasteiger partial charge in [0.1, 0.15) is 5.56 Å². The molecule has 1 aromatic heterocycles. The second-order valence-corrected chi connectivity index (χ2v) is 8.81. The highest BCUT2D eigenvalue weighted by atomic mass is 16.5. The Morgan fingerprint density at radius 3 is 2.61 bits per heavy atom. The Morgan fingerprint density at radius 1 is 1.12 bits per heavy atom. The number of carbonyl (C=O) groups excluding carboxylic acids is 2. The van der Waals surface area contributed by atoms with Gasteiger partial charge in [-0.25, -0.2) is 0 Å². The standard InChI is InChI=1S/C25H32N4O4/c1-26-24(31)21-14-20(17-29(25(21)32)16-18-6-3-2-4-7-18)23(30)27-22-15-19(22)8-5-9-28-10-12-33-13-11-28/h2-4,6-7,14,17,19,22H,5,8-13,15-16H2,1H3,(H,26,31)(H,27,30)/t19-,22-/m1/s1. The van der Waals surface area contributed by atoms with Crippen LogP contribution in [0.15, 0.2) is 47.4 Å². The molecule has 1 saturated carbocycles. The predicted octanol–water partition coefficient (Wildman–Crippen LogP) is 1.49. The first-order valence-electron chi connectivity index (χ1n) is 11.7. The number of hydrogen-bond acceptors (Lipinski definition) is 5. The van der Waals surface area contributed by atoms with Gasteiger partial charge in [0.15, 0.2) is 0 Å². The third kappa shape index (κ3) is 6.09. The Balaban J connectivity index is 1.39. The lowest BCUT2D eigenvalue weighted by Crippen LogP contribution is -2.37. The molecule has 2 atom stereocenters. The lowest BCUT2D eigenvalue weighted by Gasteiger charge is -2.26. The zero-order valence-electron chi connectivity index (χ0n) is 19.1. The van der Waals surface area contributed by atoms with Gasteiger partial charge >= 0.3 is 0 Å². The highest BCUT2D eigenvalue weighted by Gasteiger charge is 2.38. The molecule has 2 amide bonds. The second kappa shape index (κ2) is 10.8. The van der Waals surface area contributed by atoms with Crippen LogP contribution in [-0.4, -0.2) is 67.2 Å². The summed E-state index contributed by atoms with van der Waals surface area (Å²) < 4.78 is 6.82. The fourth-order valence-electron chi connectivity index (χ4n) is 4.35. The van der Waals surface area contributed by atoms with Crippen molar-refractivity contribution in [2.45, 2.75) is 31.8 Å². The lowest BCUT2D eigenvalue weighted by molar-refractivity contribution is 0.0370. The first-order chi connectivity index (χ1) is 16.0. The van der Waals surface area contributed by atoms with Crippen LogP contribution in [-0.2, 0) is 11.3 Å². The molecule has 2 aromatic rings. The number of hydrogen-bond donors (Lipinski definition) is 2. The summed E-state index contributed by atoms with van der Waals surface area (Å²) in [6.07, 6.45) is 4.72. The Kier molecular flexibility index (Phi) is 7.57. The van der Waals surface area contributed by atoms with Crippen LogP contribution in [0.25, 0.3) is 0 Å². The summed E-state index contributed by atoms with van der Waals surface area (Å²) >= 11 is 0. The smallest absolute Gasteiger partial charge is 0.263 e. The molecule has 0 spiro atoms. The highest BCUT2D eigenvalue weighted by Crippen LogP contribution is 2.35. The van der Waals surface area contributed by atoms with E-state index in [4.69, 9.17) is 4.74 Å². The van der Waals surface area contributed by atoms with Crippen LogP contribution in [0, 0.1) is 5.92 Å². The third-order valence-electron chi connectivity index (χ3n) is 6.41. The van der Waals surface area contributed by atoms with E-state index >= 15 is 0 Å². The first-order valence-corrected chi connectivity index (χ1v) is 11.7. The SMILES string of the molecule is CNC(=O)c1cc(C(=O)N[C@@H]2C[C@H]2CCCN2CCOCC2)cn(Cc2ccccc2)c1=O. The average molecular weight is 453 g/mol. The maximum absolute atomic E-state index is 13.0. The number of carbonyl (C=O) groups is 2. The Morgan fingerprint density at radius 2 is 1.88 bits per heavy atom. The quantitative estimate of drug-likeness (QED) is 0.601. The minimum Gasteiger partial charge on any atom is -0.379 e. The summed E-state index contributed by atoms with van der Waals surface area (Å²) in [5.74, 6) is -0.254. The highest BCUT2D eigenvalue weighted by molar-refractivity contribution is 5.99. The number of ether oxygens (including phenoxy) is 1. The minimum atomic E-state index is -0.496. The number of rotatable bonds is 9. The van der Waals surface area contributed by atoms with E-state index in [1.165, 1.54) is 17.7 Å². The third-order valence-corrected chi connectivity index (χ3v) is 6.41. The first kappa shape index (κ1) is 23.2. The monoisotopic (exact) mass is 452 g/mol. The average Bonchev–Trinajstić information content (AvgIpc) is 3.58. The lowest BCUT2D eigenvalue weighted by atomic mass is 10.1. The number of aromatic nitrogens is 1. The molecule has 2 fully saturated rings. The maximum Gasteiger partial charge on any atom is 0.263 e. The van der Waals surface area contributed by atoms with Crippen molar-refractivity contribution in [3.05, 3.63) is 69.6 Å². The molecular weight excluding hydrogens is 420 g/mol. The molecule has 176 valence electrons. The molecule has 1 saturated heterocycles. The van der Waals surface area contributed by atoms with E-state index in [0.717, 1.165) is 57.7 Å². The number of pyridine rings is 1. The molecule has 4 rings (SSSR count). The molecule has 8 nitrogen and oxygen atoms in total. The molecule has 1 aliphatic heterocycles. The fraction of sp³-hybridized carbons (Fsp3) is 0.480. The largest absolute Gasteiger partial charge is 0.379 e. The summed E-state index contributed by atoms with van der Waals surface area (Å²) in [7, 11) is 1.47. The van der Waals surface area contributed by atoms with Gasteiger partial charge in [-0.1, -0.05) is 30.3 Å². The summed E-state index contributed by atoms with van der Waals surface area (Å²) in [4.78, 5) is 40.5. The topological polar surface area (TPSA) is 92.7 Å². The number of benzene rings is 1. The molecule has 2 aliphatic rings. The number of morpholine rings is 1. The number of nitrogens with zero attached hydrogens (tertiary/aromatic N) is 2. The normalized spacial score (nSPS) is 20.3. The van der Waals surface area contributed by atoms with E-state index in [9.17, 15) is 14.4 Å². The van der Waals surface area contributed by atoms with Gasteiger partial charge in [0.05, 0.1) is 25.3 Å². The minimum absolute atomic E-state index is 0.0288. The summed E-state index contributed by atoms with van der Waals surface area (Å²) in [6.45, 7) is 4.98. The van der Waals surface area contributed by atoms with Crippen LogP contribution < -0.4 is 16.2 Å². The maximum atomic E-state index is 13.0. The molecule has 33 heavy (non-hydrogen) atoms. The van der Waals surface area contributed by atoms with Crippen LogP contribution in [0.3, 0.4) is 0 Å². The zero-order valence-corrected chi connectivity index (χ0v) is 19.1. The fourth-order valence-corrected chi connectivity index (χ4v) is 4.35. The molecule has 0 radical (unpaired) electrons. The molecule has 2 N–H and O–H groups in total. The van der Waals surface area contributed by atoms with Gasteiger partial charge in [-0.2, -0.15) is 0 Å². The summed E-state index contributed by atoms with van der Waals surface area (Å²) in [6, 6.07) is 11.0. The van der Waals surface area contributed by atoms with Crippen molar-refractivity contribution >= 4 is 11.8 Å². The van der Waals surface area contributed by atoms with Gasteiger partial charge in [0.2, 0.25) is 0 Å². The van der Waals surface area contributed by atoms with E-state index in [-0.39, 0.29) is 17.5 Å². The van der Waals surface area contributed by atoms with Crippen LogP contribution >= 0.6 is 0 Å². The summed E-state index contributed by atoms with van der Waals surface area (Å²) in [5, 5.41) is 5.58. The van der Waals surface area contributed by atoms with E-state index < -0.39 is 11.5 Å². The Hall–Kier alpha value is -2.97. The van der Waals surface area contributed by atoms with Crippen LogP contribution in [0.5, 0.6) is 0 Å². The molecule has 0 bridgehead atoms. The molecule has 0 unspecified atom stereocenters. The number of nitrogens with one attached hydrogen (secondary N) is 2. The van der Waals surface area contributed by atoms with Gasteiger partial charge < -0.3 is 19.9 Å². The van der Waals surface area contributed by atoms with Crippen molar-refractivity contribution in [2.75, 3.05) is 39.9 Å². The van der Waals surface area contributed by atoms with Crippen molar-refractivity contribution in [3.8, 4) is 0 Å². The van der Waals surface area contributed by atoms with E-state index in [2.05, 4.69) is 15.5 Å². The van der Waals surface area contributed by atoms with Gasteiger partial charge in [-0.15, -0.1) is 0 Å². The van der Waals surface area contributed by atoms with Crippen molar-refractivity contribution in [3.63, 3.8) is 0 Å². The molecule has 2 heterocycles. The van der Waals surface area contributed by atoms with Crippen molar-refractivity contribution in [1.82, 2.24) is 20.1 Å². The number of amides is 2. The summed E-state index contributed by atoms with van der Waals surface area (Å²) in [5.41, 5.74) is 0.798.